The molecule has 0 radical (unpaired) electrons. The topological polar surface area (TPSA) is 86.8 Å². The number of carbonyl (C=O) groups excluding carboxylic acids is 2. The third-order valence-corrected chi connectivity index (χ3v) is 8.16. The first-order valence-electron chi connectivity index (χ1n) is 11.9. The number of hydrogen-bond acceptors (Lipinski definition) is 4. The largest absolute Gasteiger partial charge is 0.417 e. The minimum Gasteiger partial charge on any atom is -0.352 e. The molecule has 0 spiro atoms. The van der Waals surface area contributed by atoms with E-state index in [4.69, 9.17) is 34.8 Å². The first-order chi connectivity index (χ1) is 18.0. The lowest BCUT2D eigenvalue weighted by atomic mass is 10.1. The van der Waals surface area contributed by atoms with E-state index in [1.54, 1.807) is 19.9 Å². The van der Waals surface area contributed by atoms with E-state index >= 15 is 0 Å². The second-order valence-corrected chi connectivity index (χ2v) is 12.1. The lowest BCUT2D eigenvalue weighted by Gasteiger charge is -2.33. The zero-order valence-corrected chi connectivity index (χ0v) is 24.7. The van der Waals surface area contributed by atoms with Crippen molar-refractivity contribution in [3.63, 3.8) is 0 Å². The first kappa shape index (κ1) is 33.0. The molecule has 0 aliphatic carbocycles. The van der Waals surface area contributed by atoms with Gasteiger partial charge >= 0.3 is 6.18 Å². The number of sulfonamides is 1. The van der Waals surface area contributed by atoms with Crippen LogP contribution < -0.4 is 9.62 Å². The molecular formula is C25H29Cl3F3N3O4S. The van der Waals surface area contributed by atoms with Crippen molar-refractivity contribution in [2.24, 2.45) is 0 Å². The molecule has 2 unspecified atom stereocenters. The minimum atomic E-state index is -4.86. The van der Waals surface area contributed by atoms with Gasteiger partial charge in [-0.15, -0.1) is 0 Å². The van der Waals surface area contributed by atoms with Crippen molar-refractivity contribution in [2.45, 2.75) is 58.4 Å². The molecule has 0 saturated carbocycles. The average Bonchev–Trinajstić information content (AvgIpc) is 2.83. The van der Waals surface area contributed by atoms with Crippen LogP contribution >= 0.6 is 34.8 Å². The van der Waals surface area contributed by atoms with Gasteiger partial charge in [0.05, 0.1) is 32.6 Å². The summed E-state index contributed by atoms with van der Waals surface area (Å²) in [6.45, 7) is 4.33. The highest BCUT2D eigenvalue weighted by Crippen LogP contribution is 2.37. The first-order valence-corrected chi connectivity index (χ1v) is 14.9. The third-order valence-electron chi connectivity index (χ3n) is 5.95. The Balaban J connectivity index is 2.55. The van der Waals surface area contributed by atoms with E-state index in [-0.39, 0.29) is 29.1 Å². The standard InChI is InChI=1S/C25H29Cl3F3N3O4S/c1-5-15(3)32-24(36)22(6-2)33(13-16-7-9-20(27)21(28)11-16)23(35)14-34(39(4,37)38)17-8-10-19(26)18(12-17)25(29,30)31/h7-12,15,22H,5-6,13-14H2,1-4H3,(H,32,36). The van der Waals surface area contributed by atoms with Crippen LogP contribution in [0.25, 0.3) is 0 Å². The highest BCUT2D eigenvalue weighted by Gasteiger charge is 2.36. The number of anilines is 1. The molecule has 14 heteroatoms. The van der Waals surface area contributed by atoms with E-state index in [1.165, 1.54) is 17.0 Å². The van der Waals surface area contributed by atoms with E-state index in [0.717, 1.165) is 18.4 Å². The summed E-state index contributed by atoms with van der Waals surface area (Å²) in [5, 5.41) is 2.67. The summed E-state index contributed by atoms with van der Waals surface area (Å²) in [4.78, 5) is 28.0. The molecule has 2 aromatic rings. The quantitative estimate of drug-likeness (QED) is 0.323. The van der Waals surface area contributed by atoms with Crippen molar-refractivity contribution >= 4 is 62.3 Å². The fraction of sp³-hybridized carbons (Fsp3) is 0.440. The lowest BCUT2D eigenvalue weighted by Crippen LogP contribution is -2.53. The Labute approximate surface area is 241 Å². The number of hydrogen-bond donors (Lipinski definition) is 1. The van der Waals surface area contributed by atoms with Crippen LogP contribution in [-0.2, 0) is 32.3 Å². The van der Waals surface area contributed by atoms with E-state index in [2.05, 4.69) is 5.32 Å². The van der Waals surface area contributed by atoms with Crippen molar-refractivity contribution in [1.29, 1.82) is 0 Å². The van der Waals surface area contributed by atoms with Gasteiger partial charge in [0.2, 0.25) is 21.8 Å². The van der Waals surface area contributed by atoms with Crippen molar-refractivity contribution in [2.75, 3.05) is 17.1 Å². The van der Waals surface area contributed by atoms with Crippen molar-refractivity contribution < 1.29 is 31.2 Å². The molecule has 0 aliphatic heterocycles. The molecule has 0 fully saturated rings. The van der Waals surface area contributed by atoms with Gasteiger partial charge in [-0.2, -0.15) is 13.2 Å². The molecule has 0 bridgehead atoms. The van der Waals surface area contributed by atoms with E-state index in [1.807, 2.05) is 6.92 Å². The van der Waals surface area contributed by atoms with Gasteiger partial charge in [0.25, 0.3) is 0 Å². The average molecular weight is 631 g/mol. The van der Waals surface area contributed by atoms with Crippen LogP contribution in [0.2, 0.25) is 15.1 Å². The smallest absolute Gasteiger partial charge is 0.352 e. The molecule has 1 N–H and O–H groups in total. The Morgan fingerprint density at radius 3 is 2.10 bits per heavy atom. The summed E-state index contributed by atoms with van der Waals surface area (Å²) in [6.07, 6.45) is -3.30. The molecule has 2 aromatic carbocycles. The summed E-state index contributed by atoms with van der Waals surface area (Å²) in [7, 11) is -4.25. The van der Waals surface area contributed by atoms with Crippen LogP contribution in [0.15, 0.2) is 36.4 Å². The molecule has 39 heavy (non-hydrogen) atoms. The second kappa shape index (κ2) is 13.4. The highest BCUT2D eigenvalue weighted by atomic mass is 35.5. The zero-order chi connectivity index (χ0) is 29.7. The van der Waals surface area contributed by atoms with E-state index in [0.29, 0.717) is 22.4 Å². The Bertz CT molecular complexity index is 1310. The predicted molar refractivity (Wildman–Crippen MR) is 148 cm³/mol. The summed E-state index contributed by atoms with van der Waals surface area (Å²) >= 11 is 17.8. The molecule has 0 aromatic heterocycles. The van der Waals surface area contributed by atoms with Gasteiger partial charge in [0.15, 0.2) is 0 Å². The van der Waals surface area contributed by atoms with Crippen LogP contribution in [0.3, 0.4) is 0 Å². The number of halogens is 6. The lowest BCUT2D eigenvalue weighted by molar-refractivity contribution is -0.140. The van der Waals surface area contributed by atoms with Crippen LogP contribution in [-0.4, -0.2) is 50.0 Å². The number of alkyl halides is 3. The SMILES string of the molecule is CCC(C)NC(=O)C(CC)N(Cc1ccc(Cl)c(Cl)c1)C(=O)CN(c1ccc(Cl)c(C(F)(F)F)c1)S(C)(=O)=O. The Kier molecular flexibility index (Phi) is 11.4. The molecule has 2 atom stereocenters. The molecule has 0 saturated heterocycles. The maximum Gasteiger partial charge on any atom is 0.417 e. The maximum absolute atomic E-state index is 13.7. The van der Waals surface area contributed by atoms with Gasteiger partial charge in [-0.1, -0.05) is 54.7 Å². The predicted octanol–water partition coefficient (Wildman–Crippen LogP) is 6.15. The minimum absolute atomic E-state index is 0.145. The van der Waals surface area contributed by atoms with Gasteiger partial charge < -0.3 is 10.2 Å². The number of rotatable bonds is 11. The van der Waals surface area contributed by atoms with Crippen molar-refractivity contribution in [3.05, 3.63) is 62.6 Å². The monoisotopic (exact) mass is 629 g/mol. The summed E-state index contributed by atoms with van der Waals surface area (Å²) < 4.78 is 66.3. The third kappa shape index (κ3) is 8.89. The Hall–Kier alpha value is -2.21. The highest BCUT2D eigenvalue weighted by molar-refractivity contribution is 7.92. The summed E-state index contributed by atoms with van der Waals surface area (Å²) in [5.74, 6) is -1.28. The number of carbonyl (C=O) groups is 2. The van der Waals surface area contributed by atoms with Gasteiger partial charge in [0, 0.05) is 12.6 Å². The number of amides is 2. The molecule has 216 valence electrons. The normalized spacial score (nSPS) is 13.5. The fourth-order valence-corrected chi connectivity index (χ4v) is 5.08. The van der Waals surface area contributed by atoms with Gasteiger partial charge in [0.1, 0.15) is 12.6 Å². The zero-order valence-electron chi connectivity index (χ0n) is 21.7. The van der Waals surface area contributed by atoms with Crippen molar-refractivity contribution in [3.8, 4) is 0 Å². The van der Waals surface area contributed by atoms with Gasteiger partial charge in [-0.05, 0) is 55.7 Å². The molecule has 0 heterocycles. The summed E-state index contributed by atoms with van der Waals surface area (Å²) in [5.41, 5.74) is -1.16. The van der Waals surface area contributed by atoms with Gasteiger partial charge in [-0.25, -0.2) is 8.42 Å². The van der Waals surface area contributed by atoms with Gasteiger partial charge in [-0.3, -0.25) is 13.9 Å². The van der Waals surface area contributed by atoms with Crippen LogP contribution in [0.5, 0.6) is 0 Å². The molecule has 2 rings (SSSR count). The van der Waals surface area contributed by atoms with Crippen LogP contribution in [0, 0.1) is 0 Å². The molecular weight excluding hydrogens is 602 g/mol. The van der Waals surface area contributed by atoms with Crippen LogP contribution in [0.1, 0.15) is 44.7 Å². The molecule has 2 amide bonds. The van der Waals surface area contributed by atoms with Crippen LogP contribution in [0.4, 0.5) is 18.9 Å². The summed E-state index contributed by atoms with van der Waals surface area (Å²) in [6, 6.07) is 5.94. The number of nitrogens with one attached hydrogen (secondary N) is 1. The fourth-order valence-electron chi connectivity index (χ4n) is 3.69. The van der Waals surface area contributed by atoms with Crippen molar-refractivity contribution in [1.82, 2.24) is 10.2 Å². The number of nitrogens with zero attached hydrogens (tertiary/aromatic N) is 2. The second-order valence-electron chi connectivity index (χ2n) is 8.94. The number of benzene rings is 2. The molecule has 0 aliphatic rings. The van der Waals surface area contributed by atoms with E-state index < -0.39 is 56.9 Å². The Morgan fingerprint density at radius 1 is 0.974 bits per heavy atom. The molecule has 7 nitrogen and oxygen atoms in total. The maximum atomic E-state index is 13.7. The Morgan fingerprint density at radius 2 is 1.59 bits per heavy atom. The van der Waals surface area contributed by atoms with E-state index in [9.17, 15) is 31.2 Å².